The third kappa shape index (κ3) is 3.86. The molecule has 1 aromatic carbocycles. The fourth-order valence-electron chi connectivity index (χ4n) is 4.12. The zero-order valence-corrected chi connectivity index (χ0v) is 17.2. The number of rotatable bonds is 3. The van der Waals surface area contributed by atoms with Gasteiger partial charge in [0.15, 0.2) is 11.5 Å². The molecular formula is C22H21ClF2N2O3. The van der Waals surface area contributed by atoms with Crippen molar-refractivity contribution in [2.45, 2.75) is 33.0 Å². The number of hydrogen-bond acceptors (Lipinski definition) is 4. The highest BCUT2D eigenvalue weighted by Crippen LogP contribution is 2.46. The predicted octanol–water partition coefficient (Wildman–Crippen LogP) is 5.90. The Morgan fingerprint density at radius 1 is 1.17 bits per heavy atom. The Morgan fingerprint density at radius 2 is 1.90 bits per heavy atom. The first kappa shape index (κ1) is 20.6. The molecule has 1 fully saturated rings. The van der Waals surface area contributed by atoms with E-state index < -0.39 is 6.29 Å². The quantitative estimate of drug-likeness (QED) is 0.611. The number of nitrogens with one attached hydrogen (secondary N) is 1. The maximum Gasteiger partial charge on any atom is 0.586 e. The second-order valence-electron chi connectivity index (χ2n) is 7.25. The molecule has 0 saturated heterocycles. The number of carbonyl (C=O) groups is 1. The summed E-state index contributed by atoms with van der Waals surface area (Å²) in [4.78, 5) is 16.8. The summed E-state index contributed by atoms with van der Waals surface area (Å²) in [5, 5.41) is 3.08. The van der Waals surface area contributed by atoms with Gasteiger partial charge in [-0.1, -0.05) is 37.6 Å². The van der Waals surface area contributed by atoms with Crippen molar-refractivity contribution < 1.29 is 23.0 Å². The number of hydrogen-bond donors (Lipinski definition) is 1. The summed E-state index contributed by atoms with van der Waals surface area (Å²) in [7, 11) is 0. The Bertz CT molecular complexity index is 995. The third-order valence-corrected chi connectivity index (χ3v) is 5.75. The van der Waals surface area contributed by atoms with Crippen LogP contribution in [0.25, 0.3) is 11.1 Å². The summed E-state index contributed by atoms with van der Waals surface area (Å²) in [5.41, 5.74) is 1.08. The number of pyridine rings is 1. The lowest BCUT2D eigenvalue weighted by molar-refractivity contribution is -0.286. The van der Waals surface area contributed by atoms with Gasteiger partial charge in [0.05, 0.1) is 5.02 Å². The van der Waals surface area contributed by atoms with E-state index in [0.29, 0.717) is 28.8 Å². The molecule has 0 radical (unpaired) electrons. The molecule has 3 aliphatic rings. The van der Waals surface area contributed by atoms with Crippen molar-refractivity contribution in [1.82, 2.24) is 4.98 Å². The number of fused-ring (bicyclic) bond motifs is 3. The molecule has 1 saturated carbocycles. The molecule has 5 nitrogen and oxygen atoms in total. The Kier molecular flexibility index (Phi) is 5.40. The van der Waals surface area contributed by atoms with Gasteiger partial charge in [0.2, 0.25) is 5.91 Å². The Hall–Kier alpha value is -2.67. The van der Waals surface area contributed by atoms with Gasteiger partial charge >= 0.3 is 6.29 Å². The molecule has 2 aromatic rings. The van der Waals surface area contributed by atoms with Gasteiger partial charge in [0.25, 0.3) is 0 Å². The van der Waals surface area contributed by atoms with E-state index in [-0.39, 0.29) is 28.3 Å². The second kappa shape index (κ2) is 7.87. The molecule has 158 valence electrons. The van der Waals surface area contributed by atoms with E-state index in [1.807, 2.05) is 13.8 Å². The van der Waals surface area contributed by atoms with Crippen LogP contribution in [-0.2, 0) is 4.79 Å². The van der Waals surface area contributed by atoms with Gasteiger partial charge in [0.1, 0.15) is 5.82 Å². The standard InChI is InChI=1S/C20H15ClF2N2O3.C2H6/c21-15-8-17-16(27-20(22,23)28-17)7-13(15)12-3-4-18(24-9-12)25-19(26)14-6-10-1-2-11(14)5-10;1-2/h1-4,7-11,14H,5-6H2,(H,24,25,26);1-2H3. The van der Waals surface area contributed by atoms with Crippen LogP contribution >= 0.6 is 11.6 Å². The van der Waals surface area contributed by atoms with Crippen molar-refractivity contribution in [2.75, 3.05) is 5.32 Å². The normalized spacial score (nSPS) is 24.4. The van der Waals surface area contributed by atoms with Gasteiger partial charge in [-0.25, -0.2) is 4.98 Å². The van der Waals surface area contributed by atoms with Crippen LogP contribution in [0.5, 0.6) is 11.5 Å². The van der Waals surface area contributed by atoms with E-state index in [1.54, 1.807) is 12.1 Å². The average molecular weight is 435 g/mol. The van der Waals surface area contributed by atoms with E-state index >= 15 is 0 Å². The first-order valence-electron chi connectivity index (χ1n) is 9.93. The second-order valence-corrected chi connectivity index (χ2v) is 7.66. The van der Waals surface area contributed by atoms with Crippen LogP contribution in [0.3, 0.4) is 0 Å². The summed E-state index contributed by atoms with van der Waals surface area (Å²) in [6, 6.07) is 6.04. The molecular weight excluding hydrogens is 414 g/mol. The van der Waals surface area contributed by atoms with Gasteiger partial charge in [-0.3, -0.25) is 4.79 Å². The molecule has 2 bridgehead atoms. The van der Waals surface area contributed by atoms with Crippen LogP contribution < -0.4 is 14.8 Å². The summed E-state index contributed by atoms with van der Waals surface area (Å²) < 4.78 is 35.3. The lowest BCUT2D eigenvalue weighted by Gasteiger charge is -2.17. The number of nitrogens with zero attached hydrogens (tertiary/aromatic N) is 1. The van der Waals surface area contributed by atoms with Crippen molar-refractivity contribution in [3.63, 3.8) is 0 Å². The molecule has 1 aromatic heterocycles. The Morgan fingerprint density at radius 3 is 2.50 bits per heavy atom. The number of ether oxygens (including phenoxy) is 2. The minimum Gasteiger partial charge on any atom is -0.395 e. The van der Waals surface area contributed by atoms with Crippen molar-refractivity contribution in [2.24, 2.45) is 17.8 Å². The highest BCUT2D eigenvalue weighted by Gasteiger charge is 2.44. The van der Waals surface area contributed by atoms with Crippen molar-refractivity contribution >= 4 is 23.3 Å². The first-order valence-corrected chi connectivity index (χ1v) is 10.3. The highest BCUT2D eigenvalue weighted by molar-refractivity contribution is 6.33. The maximum atomic E-state index is 13.2. The zero-order valence-electron chi connectivity index (χ0n) is 16.5. The molecule has 3 atom stereocenters. The lowest BCUT2D eigenvalue weighted by Crippen LogP contribution is -2.26. The molecule has 3 unspecified atom stereocenters. The van der Waals surface area contributed by atoms with E-state index in [4.69, 9.17) is 11.6 Å². The Labute approximate surface area is 178 Å². The molecule has 1 N–H and O–H groups in total. The number of carbonyl (C=O) groups excluding carboxylic acids is 1. The van der Waals surface area contributed by atoms with E-state index in [9.17, 15) is 13.6 Å². The van der Waals surface area contributed by atoms with Gasteiger partial charge < -0.3 is 14.8 Å². The number of halogens is 3. The summed E-state index contributed by atoms with van der Waals surface area (Å²) in [5.74, 6) is 1.01. The number of aromatic nitrogens is 1. The number of amides is 1. The molecule has 1 aliphatic heterocycles. The monoisotopic (exact) mass is 434 g/mol. The minimum absolute atomic E-state index is 0.0125. The minimum atomic E-state index is -3.70. The molecule has 1 amide bonds. The van der Waals surface area contributed by atoms with Crippen LogP contribution in [0, 0.1) is 17.8 Å². The molecule has 2 heterocycles. The van der Waals surface area contributed by atoms with Crippen molar-refractivity contribution in [3.8, 4) is 22.6 Å². The topological polar surface area (TPSA) is 60.5 Å². The van der Waals surface area contributed by atoms with E-state index in [0.717, 1.165) is 12.8 Å². The van der Waals surface area contributed by atoms with Crippen LogP contribution in [0.2, 0.25) is 5.02 Å². The molecule has 2 aliphatic carbocycles. The number of alkyl halides is 2. The smallest absolute Gasteiger partial charge is 0.395 e. The number of allylic oxidation sites excluding steroid dienone is 2. The molecule has 8 heteroatoms. The summed E-state index contributed by atoms with van der Waals surface area (Å²) >= 11 is 6.20. The van der Waals surface area contributed by atoms with Gasteiger partial charge in [-0.05, 0) is 42.9 Å². The van der Waals surface area contributed by atoms with E-state index in [2.05, 4.69) is 31.9 Å². The van der Waals surface area contributed by atoms with Gasteiger partial charge in [-0.15, -0.1) is 8.78 Å². The summed E-state index contributed by atoms with van der Waals surface area (Å²) in [6.45, 7) is 4.00. The van der Waals surface area contributed by atoms with Crippen LogP contribution in [0.1, 0.15) is 26.7 Å². The van der Waals surface area contributed by atoms with Crippen LogP contribution in [-0.4, -0.2) is 17.2 Å². The maximum absolute atomic E-state index is 13.2. The fourth-order valence-corrected chi connectivity index (χ4v) is 4.38. The van der Waals surface area contributed by atoms with Crippen LogP contribution in [0.4, 0.5) is 14.6 Å². The Balaban J connectivity index is 0.00000106. The zero-order chi connectivity index (χ0) is 21.5. The van der Waals surface area contributed by atoms with Crippen LogP contribution in [0.15, 0.2) is 42.6 Å². The van der Waals surface area contributed by atoms with E-state index in [1.165, 1.54) is 18.3 Å². The van der Waals surface area contributed by atoms with Crippen molar-refractivity contribution in [3.05, 3.63) is 47.6 Å². The number of anilines is 1. The van der Waals surface area contributed by atoms with Gasteiger partial charge in [-0.2, -0.15) is 0 Å². The molecule has 5 rings (SSSR count). The molecule has 30 heavy (non-hydrogen) atoms. The lowest BCUT2D eigenvalue weighted by atomic mass is 9.93. The molecule has 0 spiro atoms. The SMILES string of the molecule is CC.O=C(Nc1ccc(-c2cc3c(cc2Cl)OC(F)(F)O3)cn1)C1CC2C=CC1C2. The number of benzene rings is 1. The average Bonchev–Trinajstić information content (AvgIpc) is 3.42. The fraction of sp³-hybridized carbons (Fsp3) is 0.364. The van der Waals surface area contributed by atoms with Crippen molar-refractivity contribution in [1.29, 1.82) is 0 Å². The highest BCUT2D eigenvalue weighted by atomic mass is 35.5. The summed E-state index contributed by atoms with van der Waals surface area (Å²) in [6.07, 6.45) is 4.06. The van der Waals surface area contributed by atoms with Gasteiger partial charge in [0, 0.05) is 29.3 Å². The largest absolute Gasteiger partial charge is 0.586 e. The third-order valence-electron chi connectivity index (χ3n) is 5.43. The predicted molar refractivity (Wildman–Crippen MR) is 110 cm³/mol. The first-order chi connectivity index (χ1) is 14.4.